The molecule has 2 saturated heterocycles. The lowest BCUT2D eigenvalue weighted by molar-refractivity contribution is -0.0803. The Morgan fingerprint density at radius 2 is 2.12 bits per heavy atom. The molecule has 3 rings (SSSR count). The first-order valence-corrected chi connectivity index (χ1v) is 6.64. The van der Waals surface area contributed by atoms with Crippen LogP contribution in [-0.4, -0.2) is 23.7 Å². The summed E-state index contributed by atoms with van der Waals surface area (Å²) in [6, 6.07) is 7.37. The molecule has 0 radical (unpaired) electrons. The van der Waals surface area contributed by atoms with Crippen molar-refractivity contribution >= 4 is 0 Å². The Bertz CT molecular complexity index is 367. The molecule has 0 spiro atoms. The smallest absolute Gasteiger partial charge is 0.113 e. The lowest BCUT2D eigenvalue weighted by Gasteiger charge is -2.40. The number of aromatic nitrogens is 1. The van der Waals surface area contributed by atoms with E-state index < -0.39 is 0 Å². The van der Waals surface area contributed by atoms with Gasteiger partial charge >= 0.3 is 0 Å². The molecule has 0 aliphatic carbocycles. The van der Waals surface area contributed by atoms with Crippen molar-refractivity contribution in [1.82, 2.24) is 10.3 Å². The molecule has 3 heterocycles. The maximum atomic E-state index is 6.13. The van der Waals surface area contributed by atoms with Gasteiger partial charge in [0.05, 0.1) is 5.69 Å². The first-order chi connectivity index (χ1) is 8.32. The summed E-state index contributed by atoms with van der Waals surface area (Å²) in [5.41, 5.74) is 0.966. The van der Waals surface area contributed by atoms with E-state index in [2.05, 4.69) is 29.4 Å². The average molecular weight is 232 g/mol. The molecular weight excluding hydrogens is 212 g/mol. The monoisotopic (exact) mass is 232 g/mol. The second-order valence-electron chi connectivity index (χ2n) is 5.19. The number of ether oxygens (including phenoxy) is 1. The first kappa shape index (κ1) is 11.2. The van der Waals surface area contributed by atoms with Crippen molar-refractivity contribution in [2.75, 3.05) is 6.61 Å². The van der Waals surface area contributed by atoms with Crippen molar-refractivity contribution in [2.45, 2.75) is 50.3 Å². The summed E-state index contributed by atoms with van der Waals surface area (Å²) >= 11 is 0. The second kappa shape index (κ2) is 4.39. The summed E-state index contributed by atoms with van der Waals surface area (Å²) in [7, 11) is 0. The number of nitrogens with zero attached hydrogens (tertiary/aromatic N) is 1. The molecule has 17 heavy (non-hydrogen) atoms. The maximum absolute atomic E-state index is 6.13. The summed E-state index contributed by atoms with van der Waals surface area (Å²) in [5.74, 6) is 0. The molecule has 1 aromatic rings. The minimum absolute atomic E-state index is 0.146. The van der Waals surface area contributed by atoms with Gasteiger partial charge in [-0.2, -0.15) is 0 Å². The minimum Gasteiger partial charge on any atom is -0.369 e. The van der Waals surface area contributed by atoms with Crippen LogP contribution in [0.4, 0.5) is 0 Å². The van der Waals surface area contributed by atoms with Crippen molar-refractivity contribution in [3.05, 3.63) is 30.1 Å². The molecule has 2 aliphatic rings. The summed E-state index contributed by atoms with van der Waals surface area (Å²) in [5, 5.41) is 3.67. The fraction of sp³-hybridized carbons (Fsp3) is 0.643. The van der Waals surface area contributed by atoms with Gasteiger partial charge in [-0.05, 0) is 44.7 Å². The zero-order valence-corrected chi connectivity index (χ0v) is 10.4. The van der Waals surface area contributed by atoms with E-state index in [-0.39, 0.29) is 5.60 Å². The highest BCUT2D eigenvalue weighted by Crippen LogP contribution is 2.42. The van der Waals surface area contributed by atoms with Crippen molar-refractivity contribution in [3.8, 4) is 0 Å². The van der Waals surface area contributed by atoms with E-state index in [0.29, 0.717) is 12.1 Å². The number of rotatable bonds is 3. The van der Waals surface area contributed by atoms with Gasteiger partial charge in [0, 0.05) is 24.9 Å². The Balaban J connectivity index is 1.93. The van der Waals surface area contributed by atoms with Crippen LogP contribution < -0.4 is 5.32 Å². The molecule has 2 aliphatic heterocycles. The highest BCUT2D eigenvalue weighted by molar-refractivity contribution is 5.18. The predicted octanol–water partition coefficient (Wildman–Crippen LogP) is 2.23. The topological polar surface area (TPSA) is 34.1 Å². The average Bonchev–Trinajstić information content (AvgIpc) is 2.71. The zero-order chi connectivity index (χ0) is 11.7. The van der Waals surface area contributed by atoms with E-state index >= 15 is 0 Å². The predicted molar refractivity (Wildman–Crippen MR) is 66.7 cm³/mol. The van der Waals surface area contributed by atoms with E-state index in [1.807, 2.05) is 12.3 Å². The Kier molecular flexibility index (Phi) is 2.89. The number of piperidine rings is 1. The third-order valence-corrected chi connectivity index (χ3v) is 4.04. The van der Waals surface area contributed by atoms with Gasteiger partial charge in [-0.1, -0.05) is 6.07 Å². The number of nitrogens with one attached hydrogen (secondary N) is 1. The van der Waals surface area contributed by atoms with Gasteiger partial charge in [-0.25, -0.2) is 0 Å². The quantitative estimate of drug-likeness (QED) is 0.867. The molecule has 0 aromatic carbocycles. The lowest BCUT2D eigenvalue weighted by atomic mass is 9.84. The van der Waals surface area contributed by atoms with E-state index in [1.54, 1.807) is 0 Å². The van der Waals surface area contributed by atoms with Crippen LogP contribution >= 0.6 is 0 Å². The first-order valence-electron chi connectivity index (χ1n) is 6.64. The van der Waals surface area contributed by atoms with Crippen LogP contribution in [0.25, 0.3) is 0 Å². The SMILES string of the molecule is CCOC1(c2ccccn2)CC2CCC(C1)N2. The number of fused-ring (bicyclic) bond motifs is 2. The van der Waals surface area contributed by atoms with Crippen LogP contribution in [0.15, 0.2) is 24.4 Å². The fourth-order valence-electron chi connectivity index (χ4n) is 3.41. The summed E-state index contributed by atoms with van der Waals surface area (Å²) in [6.45, 7) is 2.84. The molecule has 1 aromatic heterocycles. The van der Waals surface area contributed by atoms with Crippen molar-refractivity contribution < 1.29 is 4.74 Å². The number of pyridine rings is 1. The number of hydrogen-bond donors (Lipinski definition) is 1. The van der Waals surface area contributed by atoms with Crippen LogP contribution in [0.5, 0.6) is 0 Å². The highest BCUT2D eigenvalue weighted by Gasteiger charge is 2.46. The normalized spacial score (nSPS) is 36.1. The zero-order valence-electron chi connectivity index (χ0n) is 10.4. The molecular formula is C14H20N2O. The van der Waals surface area contributed by atoms with Crippen LogP contribution in [0, 0.1) is 0 Å². The molecule has 3 heteroatoms. The molecule has 2 bridgehead atoms. The molecule has 2 fully saturated rings. The fourth-order valence-corrected chi connectivity index (χ4v) is 3.41. The van der Waals surface area contributed by atoms with Gasteiger partial charge in [0.25, 0.3) is 0 Å². The van der Waals surface area contributed by atoms with E-state index in [1.165, 1.54) is 12.8 Å². The Labute approximate surface area is 103 Å². The van der Waals surface area contributed by atoms with Crippen LogP contribution in [0.3, 0.4) is 0 Å². The van der Waals surface area contributed by atoms with Gasteiger partial charge < -0.3 is 10.1 Å². The summed E-state index contributed by atoms with van der Waals surface area (Å²) in [6.07, 6.45) is 6.57. The standard InChI is InChI=1S/C14H20N2O/c1-2-17-14(13-5-3-4-8-15-13)9-11-6-7-12(10-14)16-11/h3-5,8,11-12,16H,2,6-7,9-10H2,1H3. The second-order valence-corrected chi connectivity index (χ2v) is 5.19. The summed E-state index contributed by atoms with van der Waals surface area (Å²) < 4.78 is 6.13. The van der Waals surface area contributed by atoms with Crippen LogP contribution in [0.2, 0.25) is 0 Å². The summed E-state index contributed by atoms with van der Waals surface area (Å²) in [4.78, 5) is 4.54. The van der Waals surface area contributed by atoms with Crippen molar-refractivity contribution in [3.63, 3.8) is 0 Å². The van der Waals surface area contributed by atoms with Crippen molar-refractivity contribution in [1.29, 1.82) is 0 Å². The third kappa shape index (κ3) is 1.98. The largest absolute Gasteiger partial charge is 0.369 e. The van der Waals surface area contributed by atoms with E-state index in [4.69, 9.17) is 4.74 Å². The lowest BCUT2D eigenvalue weighted by Crippen LogP contribution is -2.48. The molecule has 92 valence electrons. The molecule has 0 amide bonds. The van der Waals surface area contributed by atoms with Crippen molar-refractivity contribution in [2.24, 2.45) is 0 Å². The van der Waals surface area contributed by atoms with Gasteiger partial charge in [0.15, 0.2) is 0 Å². The third-order valence-electron chi connectivity index (χ3n) is 4.04. The van der Waals surface area contributed by atoms with Gasteiger partial charge in [0.1, 0.15) is 5.60 Å². The molecule has 0 saturated carbocycles. The molecule has 1 N–H and O–H groups in total. The minimum atomic E-state index is -0.146. The molecule has 2 atom stereocenters. The maximum Gasteiger partial charge on any atom is 0.113 e. The van der Waals surface area contributed by atoms with E-state index in [9.17, 15) is 0 Å². The Morgan fingerprint density at radius 1 is 1.35 bits per heavy atom. The van der Waals surface area contributed by atoms with Gasteiger partial charge in [-0.3, -0.25) is 4.98 Å². The molecule has 2 unspecified atom stereocenters. The van der Waals surface area contributed by atoms with E-state index in [0.717, 1.165) is 25.1 Å². The number of hydrogen-bond acceptors (Lipinski definition) is 3. The van der Waals surface area contributed by atoms with Gasteiger partial charge in [-0.15, -0.1) is 0 Å². The Hall–Kier alpha value is -0.930. The Morgan fingerprint density at radius 3 is 2.71 bits per heavy atom. The van der Waals surface area contributed by atoms with Gasteiger partial charge in [0.2, 0.25) is 0 Å². The molecule has 3 nitrogen and oxygen atoms in total. The van der Waals surface area contributed by atoms with Crippen LogP contribution in [0.1, 0.15) is 38.3 Å². The highest BCUT2D eigenvalue weighted by atomic mass is 16.5. The van der Waals surface area contributed by atoms with Crippen LogP contribution in [-0.2, 0) is 10.3 Å².